The number of amides is 1. The fraction of sp³-hybridized carbons (Fsp3) is 0.263. The van der Waals surface area contributed by atoms with Crippen LogP contribution in [0.1, 0.15) is 0 Å². The minimum atomic E-state index is 0.00132. The fourth-order valence-corrected chi connectivity index (χ4v) is 3.69. The number of carbonyl (C=O) groups excluding carboxylic acids is 1. The summed E-state index contributed by atoms with van der Waals surface area (Å²) < 4.78 is 2.13. The van der Waals surface area contributed by atoms with Crippen molar-refractivity contribution in [1.82, 2.24) is 24.6 Å². The number of nitrogens with one attached hydrogen (secondary N) is 1. The van der Waals surface area contributed by atoms with Crippen LogP contribution in [0.25, 0.3) is 11.4 Å². The van der Waals surface area contributed by atoms with Gasteiger partial charge >= 0.3 is 0 Å². The van der Waals surface area contributed by atoms with Crippen molar-refractivity contribution < 1.29 is 4.79 Å². The molecule has 0 atom stereocenters. The summed E-state index contributed by atoms with van der Waals surface area (Å²) in [5.74, 6) is 1.48. The maximum Gasteiger partial charge on any atom is 0.242 e. The van der Waals surface area contributed by atoms with Gasteiger partial charge in [0.1, 0.15) is 12.4 Å². The number of H-pyrrole nitrogens is 1. The first-order valence-corrected chi connectivity index (χ1v) is 10.2. The predicted molar refractivity (Wildman–Crippen MR) is 116 cm³/mol. The van der Waals surface area contributed by atoms with Crippen LogP contribution in [0, 0.1) is 4.77 Å². The summed E-state index contributed by atoms with van der Waals surface area (Å²) in [4.78, 5) is 21.2. The molecule has 1 aliphatic heterocycles. The van der Waals surface area contributed by atoms with Gasteiger partial charge in [-0.1, -0.05) is 23.2 Å². The van der Waals surface area contributed by atoms with Gasteiger partial charge < -0.3 is 9.80 Å². The van der Waals surface area contributed by atoms with Crippen LogP contribution in [0.2, 0.25) is 10.0 Å². The zero-order chi connectivity index (χ0) is 20.4. The molecule has 1 amide bonds. The molecule has 1 saturated heterocycles. The monoisotopic (exact) mass is 448 g/mol. The highest BCUT2D eigenvalue weighted by molar-refractivity contribution is 7.71. The Morgan fingerprint density at radius 2 is 1.72 bits per heavy atom. The van der Waals surface area contributed by atoms with E-state index in [1.807, 2.05) is 29.2 Å². The molecule has 150 valence electrons. The van der Waals surface area contributed by atoms with Crippen molar-refractivity contribution in [2.45, 2.75) is 6.54 Å². The van der Waals surface area contributed by atoms with E-state index in [9.17, 15) is 4.79 Å². The number of nitrogens with zero attached hydrogens (tertiary/aromatic N) is 5. The van der Waals surface area contributed by atoms with E-state index in [1.165, 1.54) is 0 Å². The van der Waals surface area contributed by atoms with Crippen molar-refractivity contribution in [2.75, 3.05) is 31.1 Å². The second-order valence-electron chi connectivity index (χ2n) is 6.65. The lowest BCUT2D eigenvalue weighted by Gasteiger charge is -2.35. The lowest BCUT2D eigenvalue weighted by atomic mass is 10.2. The summed E-state index contributed by atoms with van der Waals surface area (Å²) in [5.41, 5.74) is 0.841. The quantitative estimate of drug-likeness (QED) is 0.616. The fourth-order valence-electron chi connectivity index (χ4n) is 3.26. The van der Waals surface area contributed by atoms with Gasteiger partial charge in [-0.05, 0) is 48.6 Å². The molecule has 0 bridgehead atoms. The SMILES string of the molecule is O=C(Cn1c(-c2ccc(Cl)cc2)n[nH]c1=S)N1CCN(c2ccc(Cl)cn2)CC1. The standard InChI is InChI=1S/C19H18Cl2N6OS/c20-14-3-1-13(2-4-14)18-23-24-19(29)27(18)12-17(28)26-9-7-25(8-10-26)16-6-5-15(21)11-22-16/h1-6,11H,7-10,12H2,(H,24,29). The van der Waals surface area contributed by atoms with E-state index in [0.29, 0.717) is 46.8 Å². The van der Waals surface area contributed by atoms with E-state index in [0.717, 1.165) is 11.4 Å². The maximum absolute atomic E-state index is 12.9. The van der Waals surface area contributed by atoms with Gasteiger partial charge in [0.2, 0.25) is 5.91 Å². The van der Waals surface area contributed by atoms with Crippen molar-refractivity contribution in [3.05, 3.63) is 57.4 Å². The molecule has 0 spiro atoms. The number of piperazine rings is 1. The first-order chi connectivity index (χ1) is 14.0. The van der Waals surface area contributed by atoms with Crippen LogP contribution in [0.15, 0.2) is 42.6 Å². The molecular weight excluding hydrogens is 431 g/mol. The van der Waals surface area contributed by atoms with Crippen molar-refractivity contribution in [3.8, 4) is 11.4 Å². The second kappa shape index (κ2) is 8.52. The Morgan fingerprint density at radius 3 is 2.38 bits per heavy atom. The smallest absolute Gasteiger partial charge is 0.242 e. The third kappa shape index (κ3) is 4.44. The average molecular weight is 449 g/mol. The Kier molecular flexibility index (Phi) is 5.84. The summed E-state index contributed by atoms with van der Waals surface area (Å²) in [6.07, 6.45) is 1.63. The summed E-state index contributed by atoms with van der Waals surface area (Å²) in [7, 11) is 0. The van der Waals surface area contributed by atoms with Gasteiger partial charge in [0.25, 0.3) is 0 Å². The van der Waals surface area contributed by atoms with Gasteiger partial charge in [0.05, 0.1) is 5.02 Å². The van der Waals surface area contributed by atoms with E-state index in [4.69, 9.17) is 35.4 Å². The highest BCUT2D eigenvalue weighted by atomic mass is 35.5. The maximum atomic E-state index is 12.9. The Labute approximate surface area is 182 Å². The normalized spacial score (nSPS) is 14.3. The lowest BCUT2D eigenvalue weighted by molar-refractivity contribution is -0.132. The number of rotatable bonds is 4. The molecule has 1 aliphatic rings. The molecule has 0 radical (unpaired) electrons. The van der Waals surface area contributed by atoms with E-state index >= 15 is 0 Å². The molecule has 1 fully saturated rings. The number of aromatic amines is 1. The van der Waals surface area contributed by atoms with Gasteiger partial charge in [0.15, 0.2) is 10.6 Å². The van der Waals surface area contributed by atoms with Crippen LogP contribution in [-0.2, 0) is 11.3 Å². The highest BCUT2D eigenvalue weighted by Crippen LogP contribution is 2.21. The summed E-state index contributed by atoms with van der Waals surface area (Å²) >= 11 is 17.2. The molecule has 7 nitrogen and oxygen atoms in total. The molecular formula is C19H18Cl2N6OS. The number of pyridine rings is 1. The zero-order valence-electron chi connectivity index (χ0n) is 15.4. The Hall–Kier alpha value is -2.42. The average Bonchev–Trinajstić information content (AvgIpc) is 3.09. The van der Waals surface area contributed by atoms with Gasteiger partial charge in [-0.3, -0.25) is 14.5 Å². The summed E-state index contributed by atoms with van der Waals surface area (Å²) in [6.45, 7) is 2.78. The first kappa shape index (κ1) is 19.9. The minimum absolute atomic E-state index is 0.00132. The highest BCUT2D eigenvalue weighted by Gasteiger charge is 2.23. The van der Waals surface area contributed by atoms with E-state index < -0.39 is 0 Å². The number of anilines is 1. The van der Waals surface area contributed by atoms with Crippen LogP contribution < -0.4 is 4.90 Å². The van der Waals surface area contributed by atoms with Gasteiger partial charge in [-0.25, -0.2) is 4.98 Å². The summed E-state index contributed by atoms with van der Waals surface area (Å²) in [6, 6.07) is 11.0. The molecule has 1 N–H and O–H groups in total. The van der Waals surface area contributed by atoms with E-state index in [1.54, 1.807) is 22.9 Å². The van der Waals surface area contributed by atoms with E-state index in [2.05, 4.69) is 20.1 Å². The van der Waals surface area contributed by atoms with Crippen molar-refractivity contribution in [3.63, 3.8) is 0 Å². The molecule has 2 aromatic heterocycles. The number of carbonyl (C=O) groups is 1. The number of hydrogen-bond acceptors (Lipinski definition) is 5. The number of aromatic nitrogens is 4. The van der Waals surface area contributed by atoms with Crippen LogP contribution in [0.5, 0.6) is 0 Å². The van der Waals surface area contributed by atoms with Crippen molar-refractivity contribution >= 4 is 47.1 Å². The molecule has 29 heavy (non-hydrogen) atoms. The zero-order valence-corrected chi connectivity index (χ0v) is 17.7. The Bertz CT molecular complexity index is 1060. The molecule has 1 aromatic carbocycles. The topological polar surface area (TPSA) is 70.1 Å². The largest absolute Gasteiger partial charge is 0.353 e. The van der Waals surface area contributed by atoms with Crippen LogP contribution in [0.3, 0.4) is 0 Å². The third-order valence-corrected chi connectivity index (χ3v) is 5.61. The Morgan fingerprint density at radius 1 is 1.03 bits per heavy atom. The predicted octanol–water partition coefficient (Wildman–Crippen LogP) is 3.66. The molecule has 0 aliphatic carbocycles. The molecule has 3 aromatic rings. The van der Waals surface area contributed by atoms with Crippen LogP contribution in [0.4, 0.5) is 5.82 Å². The van der Waals surface area contributed by atoms with Crippen molar-refractivity contribution in [1.29, 1.82) is 0 Å². The van der Waals surface area contributed by atoms with Crippen LogP contribution >= 0.6 is 35.4 Å². The summed E-state index contributed by atoms with van der Waals surface area (Å²) in [5, 5.41) is 8.30. The van der Waals surface area contributed by atoms with Gasteiger partial charge in [-0.15, -0.1) is 0 Å². The molecule has 0 saturated carbocycles. The third-order valence-electron chi connectivity index (χ3n) is 4.82. The van der Waals surface area contributed by atoms with Crippen LogP contribution in [-0.4, -0.2) is 56.7 Å². The van der Waals surface area contributed by atoms with Crippen molar-refractivity contribution in [2.24, 2.45) is 0 Å². The van der Waals surface area contributed by atoms with Gasteiger partial charge in [-0.2, -0.15) is 5.10 Å². The lowest BCUT2D eigenvalue weighted by Crippen LogP contribution is -2.49. The Balaban J connectivity index is 1.43. The molecule has 10 heteroatoms. The minimum Gasteiger partial charge on any atom is -0.353 e. The molecule has 4 rings (SSSR count). The van der Waals surface area contributed by atoms with Gasteiger partial charge in [0, 0.05) is 43.0 Å². The number of hydrogen-bond donors (Lipinski definition) is 1. The molecule has 0 unspecified atom stereocenters. The first-order valence-electron chi connectivity index (χ1n) is 9.07. The number of benzene rings is 1. The van der Waals surface area contributed by atoms with E-state index in [-0.39, 0.29) is 12.5 Å². The second-order valence-corrected chi connectivity index (χ2v) is 7.91. The molecule has 3 heterocycles. The number of halogens is 2.